The molecule has 0 aliphatic heterocycles. The van der Waals surface area contributed by atoms with Crippen molar-refractivity contribution in [1.82, 2.24) is 15.6 Å². The summed E-state index contributed by atoms with van der Waals surface area (Å²) < 4.78 is 32.1. The fourth-order valence-corrected chi connectivity index (χ4v) is 3.28. The van der Waals surface area contributed by atoms with Crippen LogP contribution in [0.4, 0.5) is 8.78 Å². The Bertz CT molecular complexity index is 1380. The highest BCUT2D eigenvalue weighted by atomic mass is 19.1. The van der Waals surface area contributed by atoms with E-state index < -0.39 is 23.4 Å². The Morgan fingerprint density at radius 2 is 1.36 bits per heavy atom. The Kier molecular flexibility index (Phi) is 7.50. The highest BCUT2D eigenvalue weighted by molar-refractivity contribution is 5.97. The van der Waals surface area contributed by atoms with Gasteiger partial charge in [0.2, 0.25) is 5.88 Å². The molecule has 1 aromatic heterocycles. The number of phenolic OH excluding ortho intramolecular Hbond substituents is 1. The number of pyridine rings is 1. The molecule has 0 atom stereocenters. The molecule has 0 spiro atoms. The van der Waals surface area contributed by atoms with Crippen molar-refractivity contribution in [2.24, 2.45) is 0 Å². The van der Waals surface area contributed by atoms with Crippen LogP contribution in [0.1, 0.15) is 31.8 Å². The molecule has 0 unspecified atom stereocenters. The maximum atomic E-state index is 13.3. The molecule has 0 aliphatic carbocycles. The summed E-state index contributed by atoms with van der Waals surface area (Å²) in [6.45, 7) is 0.398. The van der Waals surface area contributed by atoms with Crippen LogP contribution >= 0.6 is 0 Å². The number of rotatable bonds is 8. The molecule has 3 N–H and O–H groups in total. The predicted octanol–water partition coefficient (Wildman–Crippen LogP) is 4.72. The Morgan fingerprint density at radius 1 is 0.778 bits per heavy atom. The summed E-state index contributed by atoms with van der Waals surface area (Å²) in [5.41, 5.74) is 1.66. The second-order valence-electron chi connectivity index (χ2n) is 7.76. The lowest BCUT2D eigenvalue weighted by Gasteiger charge is -2.11. The van der Waals surface area contributed by atoms with Gasteiger partial charge in [0.1, 0.15) is 28.7 Å². The van der Waals surface area contributed by atoms with Gasteiger partial charge in [-0.1, -0.05) is 24.3 Å². The van der Waals surface area contributed by atoms with Crippen molar-refractivity contribution in [3.63, 3.8) is 0 Å². The fraction of sp³-hybridized carbons (Fsp3) is 0.0741. The number of ether oxygens (including phenoxy) is 1. The van der Waals surface area contributed by atoms with Gasteiger partial charge in [0.25, 0.3) is 11.8 Å². The first-order valence-corrected chi connectivity index (χ1v) is 10.9. The molecular weight excluding hydrogens is 468 g/mol. The Morgan fingerprint density at radius 3 is 2.00 bits per heavy atom. The maximum Gasteiger partial charge on any atom is 0.257 e. The summed E-state index contributed by atoms with van der Waals surface area (Å²) in [7, 11) is 0. The standard InChI is InChI=1S/C27H21F2N3O4/c28-19-7-10-21(11-8-19)36-27-22(2-1-13-30-27)25(34)31-15-17-3-5-18(6-4-17)16-32-26(35)23-14-20(29)9-12-24(23)33/h1-14,33H,15-16H2,(H,31,34)(H,32,35). The van der Waals surface area contributed by atoms with Crippen LogP contribution in [0.2, 0.25) is 0 Å². The van der Waals surface area contributed by atoms with E-state index in [1.165, 1.54) is 30.5 Å². The van der Waals surface area contributed by atoms with E-state index in [-0.39, 0.29) is 35.8 Å². The number of aromatic nitrogens is 1. The highest BCUT2D eigenvalue weighted by Crippen LogP contribution is 2.23. The van der Waals surface area contributed by atoms with Gasteiger partial charge in [-0.2, -0.15) is 0 Å². The number of hydrogen-bond acceptors (Lipinski definition) is 5. The molecule has 182 valence electrons. The van der Waals surface area contributed by atoms with Crippen molar-refractivity contribution in [2.75, 3.05) is 0 Å². The molecule has 3 aromatic carbocycles. The van der Waals surface area contributed by atoms with Crippen LogP contribution in [-0.4, -0.2) is 21.9 Å². The van der Waals surface area contributed by atoms with E-state index >= 15 is 0 Å². The quantitative estimate of drug-likeness (QED) is 0.333. The van der Waals surface area contributed by atoms with Crippen LogP contribution in [0.5, 0.6) is 17.4 Å². The number of nitrogens with zero attached hydrogens (tertiary/aromatic N) is 1. The van der Waals surface area contributed by atoms with E-state index in [0.717, 1.165) is 29.3 Å². The SMILES string of the molecule is O=C(NCc1ccc(CNC(=O)c2cccnc2Oc2ccc(F)cc2)cc1)c1cc(F)ccc1O. The monoisotopic (exact) mass is 489 g/mol. The third-order valence-corrected chi connectivity index (χ3v) is 5.18. The molecule has 0 saturated heterocycles. The zero-order valence-electron chi connectivity index (χ0n) is 18.9. The van der Waals surface area contributed by atoms with E-state index in [9.17, 15) is 23.5 Å². The van der Waals surface area contributed by atoms with Crippen molar-refractivity contribution in [2.45, 2.75) is 13.1 Å². The number of carbonyl (C=O) groups is 2. The molecule has 36 heavy (non-hydrogen) atoms. The lowest BCUT2D eigenvalue weighted by molar-refractivity contribution is 0.0939. The summed E-state index contributed by atoms with van der Waals surface area (Å²) in [4.78, 5) is 29.0. The highest BCUT2D eigenvalue weighted by Gasteiger charge is 2.15. The molecule has 2 amide bonds. The lowest BCUT2D eigenvalue weighted by atomic mass is 10.1. The normalized spacial score (nSPS) is 10.5. The van der Waals surface area contributed by atoms with Gasteiger partial charge in [-0.05, 0) is 65.7 Å². The number of benzene rings is 3. The molecule has 0 radical (unpaired) electrons. The van der Waals surface area contributed by atoms with E-state index in [1.807, 2.05) is 0 Å². The minimum absolute atomic E-state index is 0.0945. The topological polar surface area (TPSA) is 101 Å². The first-order valence-electron chi connectivity index (χ1n) is 10.9. The second kappa shape index (κ2) is 11.1. The van der Waals surface area contributed by atoms with Crippen LogP contribution in [0.25, 0.3) is 0 Å². The molecule has 0 aliphatic rings. The van der Waals surface area contributed by atoms with Crippen molar-refractivity contribution < 1.29 is 28.2 Å². The van der Waals surface area contributed by atoms with Crippen molar-refractivity contribution >= 4 is 11.8 Å². The Hall–Kier alpha value is -4.79. The van der Waals surface area contributed by atoms with Crippen LogP contribution in [-0.2, 0) is 13.1 Å². The molecule has 1 heterocycles. The zero-order valence-corrected chi connectivity index (χ0v) is 18.9. The molecule has 4 rings (SSSR count). The minimum Gasteiger partial charge on any atom is -0.507 e. The zero-order chi connectivity index (χ0) is 25.5. The molecule has 7 nitrogen and oxygen atoms in total. The van der Waals surface area contributed by atoms with Crippen LogP contribution in [0, 0.1) is 11.6 Å². The number of amides is 2. The van der Waals surface area contributed by atoms with Gasteiger partial charge in [0, 0.05) is 19.3 Å². The van der Waals surface area contributed by atoms with Gasteiger partial charge in [-0.15, -0.1) is 0 Å². The van der Waals surface area contributed by atoms with Gasteiger partial charge >= 0.3 is 0 Å². The van der Waals surface area contributed by atoms with Crippen LogP contribution < -0.4 is 15.4 Å². The summed E-state index contributed by atoms with van der Waals surface area (Å²) >= 11 is 0. The number of halogens is 2. The average Bonchev–Trinajstić information content (AvgIpc) is 2.89. The lowest BCUT2D eigenvalue weighted by Crippen LogP contribution is -2.24. The average molecular weight is 489 g/mol. The first kappa shape index (κ1) is 24.3. The van der Waals surface area contributed by atoms with E-state index in [0.29, 0.717) is 5.75 Å². The maximum absolute atomic E-state index is 13.3. The third-order valence-electron chi connectivity index (χ3n) is 5.18. The van der Waals surface area contributed by atoms with Gasteiger partial charge in [-0.3, -0.25) is 9.59 Å². The predicted molar refractivity (Wildman–Crippen MR) is 128 cm³/mol. The summed E-state index contributed by atoms with van der Waals surface area (Å²) in [5.74, 6) is -1.88. The van der Waals surface area contributed by atoms with Gasteiger partial charge in [0.15, 0.2) is 0 Å². The van der Waals surface area contributed by atoms with Crippen LogP contribution in [0.3, 0.4) is 0 Å². The van der Waals surface area contributed by atoms with Gasteiger partial charge in [-0.25, -0.2) is 13.8 Å². The number of hydrogen-bond donors (Lipinski definition) is 3. The number of nitrogens with one attached hydrogen (secondary N) is 2. The smallest absolute Gasteiger partial charge is 0.257 e. The molecule has 4 aromatic rings. The third kappa shape index (κ3) is 6.20. The van der Waals surface area contributed by atoms with E-state index in [2.05, 4.69) is 15.6 Å². The first-order chi connectivity index (χ1) is 17.4. The second-order valence-corrected chi connectivity index (χ2v) is 7.76. The number of phenols is 1. The molecule has 0 bridgehead atoms. The largest absolute Gasteiger partial charge is 0.507 e. The summed E-state index contributed by atoms with van der Waals surface area (Å²) in [6.07, 6.45) is 1.49. The molecular formula is C27H21F2N3O4. The summed E-state index contributed by atoms with van der Waals surface area (Å²) in [6, 6.07) is 18.9. The Balaban J connectivity index is 1.32. The molecule has 9 heteroatoms. The molecule has 0 fully saturated rings. The molecule has 0 saturated carbocycles. The minimum atomic E-state index is -0.621. The number of carbonyl (C=O) groups excluding carboxylic acids is 2. The van der Waals surface area contributed by atoms with E-state index in [1.54, 1.807) is 36.4 Å². The van der Waals surface area contributed by atoms with Crippen molar-refractivity contribution in [3.8, 4) is 17.4 Å². The van der Waals surface area contributed by atoms with Crippen LogP contribution in [0.15, 0.2) is 85.1 Å². The van der Waals surface area contributed by atoms with Gasteiger partial charge < -0.3 is 20.5 Å². The Labute approximate surface area is 205 Å². The number of aromatic hydroxyl groups is 1. The van der Waals surface area contributed by atoms with Crippen molar-refractivity contribution in [1.29, 1.82) is 0 Å². The van der Waals surface area contributed by atoms with Crippen molar-refractivity contribution in [3.05, 3.63) is 119 Å². The van der Waals surface area contributed by atoms with Gasteiger partial charge in [0.05, 0.1) is 5.56 Å². The fourth-order valence-electron chi connectivity index (χ4n) is 3.28. The van der Waals surface area contributed by atoms with E-state index in [4.69, 9.17) is 4.74 Å². The summed E-state index contributed by atoms with van der Waals surface area (Å²) in [5, 5.41) is 15.2.